The number of sulfone groups is 1. The maximum Gasteiger partial charge on any atom is 0.503 e. The van der Waals surface area contributed by atoms with Gasteiger partial charge in [0, 0.05) is 22.6 Å². The molecular weight excluding hydrogens is 718 g/mol. The van der Waals surface area contributed by atoms with Crippen LogP contribution < -0.4 is 5.73 Å². The molecule has 3 aromatic heterocycles. The van der Waals surface area contributed by atoms with E-state index in [0.29, 0.717) is 16.6 Å². The van der Waals surface area contributed by atoms with E-state index in [9.17, 15) is 8.42 Å². The summed E-state index contributed by atoms with van der Waals surface area (Å²) >= 11 is 5.03. The molecule has 0 aliphatic heterocycles. The van der Waals surface area contributed by atoms with Gasteiger partial charge in [0.1, 0.15) is 5.82 Å². The van der Waals surface area contributed by atoms with Crippen LogP contribution in [0.25, 0.3) is 10.8 Å². The van der Waals surface area contributed by atoms with Crippen molar-refractivity contribution < 1.29 is 42.9 Å². The molecule has 0 saturated carbocycles. The maximum absolute atomic E-state index is 11.5. The molecule has 1 aromatic carbocycles. The average molecular weight is 765 g/mol. The van der Waals surface area contributed by atoms with Crippen LogP contribution in [0.4, 0.5) is 15.4 Å². The van der Waals surface area contributed by atoms with E-state index in [4.69, 9.17) is 40.2 Å². The predicted octanol–water partition coefficient (Wildman–Crippen LogP) is 8.39. The van der Waals surface area contributed by atoms with Gasteiger partial charge in [-0.25, -0.2) is 23.0 Å². The normalized spacial score (nSPS) is 9.53. The molecule has 0 aliphatic rings. The van der Waals surface area contributed by atoms with Gasteiger partial charge in [-0.15, -0.1) is 21.5 Å². The Morgan fingerprint density at radius 2 is 1.36 bits per heavy atom. The lowest BCUT2D eigenvalue weighted by Crippen LogP contribution is -2.13. The van der Waals surface area contributed by atoms with Crippen LogP contribution >= 0.6 is 27.3 Å². The van der Waals surface area contributed by atoms with E-state index in [1.165, 1.54) is 17.5 Å². The highest BCUT2D eigenvalue weighted by atomic mass is 79.9. The topological polar surface area (TPSA) is 240 Å². The minimum atomic E-state index is -3.08. The monoisotopic (exact) mass is 763 g/mol. The molecule has 0 unspecified atom stereocenters. The lowest BCUT2D eigenvalue weighted by Gasteiger charge is -2.06. The Labute approximate surface area is 288 Å². The summed E-state index contributed by atoms with van der Waals surface area (Å²) in [4.78, 5) is 27.2. The van der Waals surface area contributed by atoms with Crippen LogP contribution in [0.2, 0.25) is 0 Å². The fraction of sp³-hybridized carbons (Fsp3) is 0.400. The van der Waals surface area contributed by atoms with Crippen molar-refractivity contribution in [2.24, 2.45) is 11.8 Å². The largest absolute Gasteiger partial charge is 0.503 e. The first-order chi connectivity index (χ1) is 21.8. The molecule has 3 heterocycles. The molecule has 4 aromatic rings. The summed E-state index contributed by atoms with van der Waals surface area (Å²) in [6.45, 7) is 16.4. The first-order valence-electron chi connectivity index (χ1n) is 13.8. The van der Waals surface area contributed by atoms with Crippen molar-refractivity contribution in [3.05, 3.63) is 72.3 Å². The Bertz CT molecular complexity index is 1390. The number of halogens is 1. The van der Waals surface area contributed by atoms with Gasteiger partial charge in [0.25, 0.3) is 5.89 Å². The van der Waals surface area contributed by atoms with Crippen molar-refractivity contribution in [2.75, 3.05) is 5.73 Å². The van der Waals surface area contributed by atoms with Gasteiger partial charge in [-0.1, -0.05) is 75.7 Å². The molecular formula is C30H46BrN5O9S2. The summed E-state index contributed by atoms with van der Waals surface area (Å²) in [5.74, 6) is 2.72. The quantitative estimate of drug-likeness (QED) is 0.123. The molecule has 0 radical (unpaired) electrons. The number of carboxylic acid groups (broad SMARTS) is 4. The molecule has 264 valence electrons. The van der Waals surface area contributed by atoms with Crippen LogP contribution in [-0.4, -0.2) is 66.6 Å². The fourth-order valence-corrected chi connectivity index (χ4v) is 4.43. The lowest BCUT2D eigenvalue weighted by atomic mass is 10.3. The summed E-state index contributed by atoms with van der Waals surface area (Å²) in [7, 11) is -3.08. The van der Waals surface area contributed by atoms with Gasteiger partial charge < -0.3 is 30.6 Å². The van der Waals surface area contributed by atoms with Gasteiger partial charge in [-0.3, -0.25) is 4.98 Å². The number of alkyl halides is 1. The van der Waals surface area contributed by atoms with Crippen molar-refractivity contribution in [3.63, 3.8) is 0 Å². The molecule has 4 rings (SSSR count). The van der Waals surface area contributed by atoms with Gasteiger partial charge >= 0.3 is 12.3 Å². The second-order valence-corrected chi connectivity index (χ2v) is 14.4. The van der Waals surface area contributed by atoms with Crippen molar-refractivity contribution >= 4 is 55.2 Å². The van der Waals surface area contributed by atoms with E-state index in [0.717, 1.165) is 22.0 Å². The lowest BCUT2D eigenvalue weighted by molar-refractivity contribution is 0.135. The number of benzene rings is 1. The van der Waals surface area contributed by atoms with E-state index in [1.54, 1.807) is 67.9 Å². The average Bonchev–Trinajstić information content (AvgIpc) is 3.66. The zero-order valence-corrected chi connectivity index (χ0v) is 30.9. The molecule has 0 atom stereocenters. The van der Waals surface area contributed by atoms with E-state index in [1.807, 2.05) is 12.1 Å². The molecule has 0 aliphatic carbocycles. The second kappa shape index (κ2) is 28.2. The van der Waals surface area contributed by atoms with E-state index < -0.39 is 22.1 Å². The molecule has 0 amide bonds. The minimum absolute atomic E-state index is 0.347. The van der Waals surface area contributed by atoms with E-state index in [-0.39, 0.29) is 5.25 Å². The highest BCUT2D eigenvalue weighted by Gasteiger charge is 2.17. The van der Waals surface area contributed by atoms with Gasteiger partial charge in [-0.05, 0) is 49.9 Å². The van der Waals surface area contributed by atoms with Gasteiger partial charge in [0.2, 0.25) is 6.39 Å². The Morgan fingerprint density at radius 3 is 1.66 bits per heavy atom. The molecule has 17 heteroatoms. The minimum Gasteiger partial charge on any atom is -0.450 e. The highest BCUT2D eigenvalue weighted by Crippen LogP contribution is 2.27. The van der Waals surface area contributed by atoms with Crippen LogP contribution in [-0.2, 0) is 15.2 Å². The van der Waals surface area contributed by atoms with Gasteiger partial charge in [-0.2, -0.15) is 0 Å². The molecule has 0 spiro atoms. The Kier molecular flexibility index (Phi) is 28.3. The summed E-state index contributed by atoms with van der Waals surface area (Å²) < 4.78 is 28.1. The number of carbonyl (C=O) groups is 2. The van der Waals surface area contributed by atoms with Crippen LogP contribution in [0, 0.1) is 11.8 Å². The number of thiophene rings is 1. The summed E-state index contributed by atoms with van der Waals surface area (Å²) in [5.41, 5.74) is 5.18. The number of hydrogen-bond donors (Lipinski definition) is 5. The first-order valence-corrected chi connectivity index (χ1v) is 17.3. The zero-order valence-electron chi connectivity index (χ0n) is 27.7. The summed E-state index contributed by atoms with van der Waals surface area (Å²) in [5, 5.41) is 35.8. The standard InChI is InChI=1S/C9H12O2S.C7H5BrN2OS.C4H5N3.2C4H10.2CH2O3/c1-8(2)12(10,11)9-6-4-3-5-7-9;8-3-5-1-2-6(12-5)7-10-9-4-11-7;5-4-3-6-1-2-7-4;2*1-4(2)3;2*2-1(3)4/h3-8H,1-2H3;1-2,4H,3H2;1-3H,(H2,5,7);2*4H,1-3H3;2*(H2,2,3,4). The third kappa shape index (κ3) is 31.7. The van der Waals surface area contributed by atoms with Crippen molar-refractivity contribution in [3.8, 4) is 10.8 Å². The van der Waals surface area contributed by atoms with E-state index >= 15 is 0 Å². The SMILES string of the molecule is BrCc1ccc(-c2nnco2)s1.CC(C)C.CC(C)C.CC(C)S(=O)(=O)c1ccccc1.Nc1cnccn1.O=C(O)O.O=C(O)O. The first kappa shape index (κ1) is 47.3. The maximum atomic E-state index is 11.5. The van der Waals surface area contributed by atoms with Crippen LogP contribution in [0.5, 0.6) is 0 Å². The smallest absolute Gasteiger partial charge is 0.450 e. The number of hydrogen-bond acceptors (Lipinski definition) is 11. The van der Waals surface area contributed by atoms with Crippen LogP contribution in [0.15, 0.2) is 76.8 Å². The molecule has 6 N–H and O–H groups in total. The van der Waals surface area contributed by atoms with Crippen molar-refractivity contribution in [1.82, 2.24) is 20.2 Å². The molecule has 0 bridgehead atoms. The molecule has 47 heavy (non-hydrogen) atoms. The molecule has 0 saturated heterocycles. The van der Waals surface area contributed by atoms with E-state index in [2.05, 4.69) is 77.6 Å². The fourth-order valence-electron chi connectivity index (χ4n) is 2.04. The second-order valence-electron chi connectivity index (χ2n) is 10.2. The van der Waals surface area contributed by atoms with Gasteiger partial charge in [0.15, 0.2) is 9.84 Å². The Balaban J connectivity index is -0.000000514. The van der Waals surface area contributed by atoms with Crippen molar-refractivity contribution in [1.29, 1.82) is 0 Å². The summed E-state index contributed by atoms with van der Waals surface area (Å²) in [6.07, 6.45) is 2.30. The third-order valence-corrected chi connectivity index (χ3v) is 7.86. The number of anilines is 1. The molecule has 14 nitrogen and oxygen atoms in total. The third-order valence-electron chi connectivity index (χ3n) is 3.64. The summed E-state index contributed by atoms with van der Waals surface area (Å²) in [6, 6.07) is 12.5. The predicted molar refractivity (Wildman–Crippen MR) is 188 cm³/mol. The highest BCUT2D eigenvalue weighted by molar-refractivity contribution is 9.08. The number of nitrogen functional groups attached to an aromatic ring is 1. The number of rotatable bonds is 4. The van der Waals surface area contributed by atoms with Crippen molar-refractivity contribution in [2.45, 2.75) is 70.9 Å². The Morgan fingerprint density at radius 1 is 0.872 bits per heavy atom. The van der Waals surface area contributed by atoms with Crippen LogP contribution in [0.1, 0.15) is 60.3 Å². The van der Waals surface area contributed by atoms with Gasteiger partial charge in [0.05, 0.1) is 21.2 Å². The zero-order chi connectivity index (χ0) is 37.0. The number of nitrogens with two attached hydrogens (primary N) is 1. The number of nitrogens with zero attached hydrogens (tertiary/aromatic N) is 4. The molecule has 0 fully saturated rings. The Hall–Kier alpha value is -4.09. The van der Waals surface area contributed by atoms with Crippen LogP contribution in [0.3, 0.4) is 0 Å². The number of aromatic nitrogens is 4.